The van der Waals surface area contributed by atoms with Gasteiger partial charge in [0.15, 0.2) is 6.19 Å². The van der Waals surface area contributed by atoms with Crippen molar-refractivity contribution in [1.29, 1.82) is 5.26 Å². The number of likely N-dealkylation sites (tertiary alicyclic amines) is 1. The fourth-order valence-electron chi connectivity index (χ4n) is 5.62. The molecule has 4 heteroatoms. The van der Waals surface area contributed by atoms with Gasteiger partial charge in [0.1, 0.15) is 0 Å². The van der Waals surface area contributed by atoms with E-state index in [1.165, 1.54) is 0 Å². The molecule has 2 amide bonds. The Hall–Kier alpha value is -5.01. The Morgan fingerprint density at radius 3 is 1.08 bits per heavy atom. The summed E-state index contributed by atoms with van der Waals surface area (Å²) in [6.45, 7) is 0. The highest BCUT2D eigenvalue weighted by molar-refractivity contribution is 6.32. The Morgan fingerprint density at radius 2 is 0.784 bits per heavy atom. The molecule has 0 aromatic heterocycles. The summed E-state index contributed by atoms with van der Waals surface area (Å²) in [5.41, 5.74) is 6.96. The number of amides is 2. The minimum absolute atomic E-state index is 0.481. The van der Waals surface area contributed by atoms with Crippen molar-refractivity contribution in [2.75, 3.05) is 0 Å². The summed E-state index contributed by atoms with van der Waals surface area (Å²) in [7, 11) is 0. The number of benzene rings is 4. The lowest BCUT2D eigenvalue weighted by Gasteiger charge is -2.34. The first-order valence-electron chi connectivity index (χ1n) is 12.2. The lowest BCUT2D eigenvalue weighted by Crippen LogP contribution is -2.26. The molecule has 4 aromatic carbocycles. The van der Waals surface area contributed by atoms with Crippen LogP contribution in [-0.2, 0) is 9.59 Å². The molecule has 0 N–H and O–H groups in total. The molecule has 2 aliphatic rings. The van der Waals surface area contributed by atoms with Crippen molar-refractivity contribution in [3.05, 3.63) is 144 Å². The van der Waals surface area contributed by atoms with Gasteiger partial charge in [-0.25, -0.2) is 0 Å². The lowest BCUT2D eigenvalue weighted by molar-refractivity contribution is -0.135. The average molecular weight is 479 g/mol. The van der Waals surface area contributed by atoms with Crippen LogP contribution in [0.15, 0.2) is 121 Å². The first kappa shape index (κ1) is 22.5. The van der Waals surface area contributed by atoms with Crippen molar-refractivity contribution in [2.24, 2.45) is 11.8 Å². The Labute approximate surface area is 215 Å². The zero-order valence-electron chi connectivity index (χ0n) is 19.9. The Morgan fingerprint density at radius 1 is 0.486 bits per heavy atom. The fourth-order valence-corrected chi connectivity index (χ4v) is 5.62. The van der Waals surface area contributed by atoms with E-state index < -0.39 is 23.7 Å². The Bertz CT molecular complexity index is 1480. The van der Waals surface area contributed by atoms with E-state index in [2.05, 4.69) is 0 Å². The fraction of sp³-hybridized carbons (Fsp3) is 0.0606. The number of carbonyl (C=O) groups excluding carboxylic acids is 2. The van der Waals surface area contributed by atoms with Gasteiger partial charge in [-0.15, -0.1) is 0 Å². The van der Waals surface area contributed by atoms with E-state index in [1.807, 2.05) is 128 Å². The highest BCUT2D eigenvalue weighted by atomic mass is 16.2. The summed E-state index contributed by atoms with van der Waals surface area (Å²) >= 11 is 0. The van der Waals surface area contributed by atoms with Crippen molar-refractivity contribution < 1.29 is 9.59 Å². The molecule has 2 atom stereocenters. The number of imide groups is 1. The third-order valence-corrected chi connectivity index (χ3v) is 7.11. The molecule has 1 heterocycles. The van der Waals surface area contributed by atoms with Crippen molar-refractivity contribution >= 4 is 34.1 Å². The second kappa shape index (κ2) is 9.22. The van der Waals surface area contributed by atoms with Crippen LogP contribution < -0.4 is 0 Å². The number of hydrogen-bond donors (Lipinski definition) is 0. The molecule has 0 radical (unpaired) electrons. The van der Waals surface area contributed by atoms with E-state index >= 15 is 0 Å². The second-order valence-corrected chi connectivity index (χ2v) is 9.11. The maximum Gasteiger partial charge on any atom is 0.251 e. The molecule has 4 nitrogen and oxygen atoms in total. The number of nitriles is 1. The number of carbonyl (C=O) groups is 2. The molecule has 176 valence electrons. The van der Waals surface area contributed by atoms with Gasteiger partial charge in [-0.2, -0.15) is 10.2 Å². The minimum Gasteiger partial charge on any atom is -0.273 e. The summed E-state index contributed by atoms with van der Waals surface area (Å²) in [4.78, 5) is 28.3. The van der Waals surface area contributed by atoms with Crippen LogP contribution in [0, 0.1) is 23.3 Å². The smallest absolute Gasteiger partial charge is 0.251 e. The van der Waals surface area contributed by atoms with Crippen LogP contribution in [0.1, 0.15) is 22.3 Å². The molecule has 0 spiro atoms. The predicted molar refractivity (Wildman–Crippen MR) is 144 cm³/mol. The standard InChI is InChI=1S/C33H22N2O2/c34-21-35-32(36)30-28(24-17-9-3-10-18-24)26(22-13-5-1-6-14-22)27(23-15-7-2-8-16-23)29(31(30)33(35)37)25-19-11-4-12-20-25/h1-20,30-31H. The maximum absolute atomic E-state index is 13.8. The third-order valence-electron chi connectivity index (χ3n) is 7.11. The lowest BCUT2D eigenvalue weighted by atomic mass is 9.66. The first-order chi connectivity index (χ1) is 18.2. The molecule has 4 aromatic rings. The van der Waals surface area contributed by atoms with Crippen LogP contribution in [0.2, 0.25) is 0 Å². The number of fused-ring (bicyclic) bond motifs is 1. The van der Waals surface area contributed by atoms with Gasteiger partial charge < -0.3 is 0 Å². The van der Waals surface area contributed by atoms with E-state index in [4.69, 9.17) is 0 Å². The van der Waals surface area contributed by atoms with Gasteiger partial charge in [-0.05, 0) is 44.5 Å². The van der Waals surface area contributed by atoms with Gasteiger partial charge in [0.25, 0.3) is 11.8 Å². The first-order valence-corrected chi connectivity index (χ1v) is 12.2. The summed E-state index contributed by atoms with van der Waals surface area (Å²) < 4.78 is 0. The SMILES string of the molecule is N#CN1C(=O)C2C(c3ccccc3)=C(c3ccccc3)C(c3ccccc3)=C(c3ccccc3)C2C1=O. The van der Waals surface area contributed by atoms with Gasteiger partial charge in [0, 0.05) is 0 Å². The molecular formula is C33H22N2O2. The predicted octanol–water partition coefficient (Wildman–Crippen LogP) is 6.30. The Balaban J connectivity index is 1.82. The molecule has 1 fully saturated rings. The van der Waals surface area contributed by atoms with Crippen LogP contribution in [0.5, 0.6) is 0 Å². The monoisotopic (exact) mass is 478 g/mol. The highest BCUT2D eigenvalue weighted by Gasteiger charge is 2.55. The van der Waals surface area contributed by atoms with Crippen LogP contribution in [0.25, 0.3) is 22.3 Å². The van der Waals surface area contributed by atoms with E-state index in [0.717, 1.165) is 49.4 Å². The van der Waals surface area contributed by atoms with Gasteiger partial charge in [0.2, 0.25) is 0 Å². The average Bonchev–Trinajstić information content (AvgIpc) is 3.22. The maximum atomic E-state index is 13.8. The van der Waals surface area contributed by atoms with Gasteiger partial charge >= 0.3 is 0 Å². The van der Waals surface area contributed by atoms with E-state index in [0.29, 0.717) is 0 Å². The van der Waals surface area contributed by atoms with E-state index in [1.54, 1.807) is 0 Å². The summed E-state index contributed by atoms with van der Waals surface area (Å²) in [6.07, 6.45) is 1.86. The second-order valence-electron chi connectivity index (χ2n) is 9.11. The zero-order valence-corrected chi connectivity index (χ0v) is 19.9. The number of hydrogen-bond acceptors (Lipinski definition) is 3. The zero-order chi connectivity index (χ0) is 25.4. The largest absolute Gasteiger partial charge is 0.273 e. The number of nitrogens with zero attached hydrogens (tertiary/aromatic N) is 2. The minimum atomic E-state index is -0.813. The van der Waals surface area contributed by atoms with Crippen molar-refractivity contribution in [2.45, 2.75) is 0 Å². The van der Waals surface area contributed by atoms with Crippen molar-refractivity contribution in [3.63, 3.8) is 0 Å². The van der Waals surface area contributed by atoms with E-state index in [-0.39, 0.29) is 0 Å². The third kappa shape index (κ3) is 3.61. The van der Waals surface area contributed by atoms with Gasteiger partial charge in [0.05, 0.1) is 11.8 Å². The summed E-state index contributed by atoms with van der Waals surface area (Å²) in [5.74, 6) is -2.59. The van der Waals surface area contributed by atoms with Crippen LogP contribution in [0.3, 0.4) is 0 Å². The van der Waals surface area contributed by atoms with Gasteiger partial charge in [-0.3, -0.25) is 9.59 Å². The van der Waals surface area contributed by atoms with Crippen molar-refractivity contribution in [1.82, 2.24) is 4.90 Å². The summed E-state index contributed by atoms with van der Waals surface area (Å²) in [6, 6.07) is 39.4. The van der Waals surface area contributed by atoms with E-state index in [9.17, 15) is 14.9 Å². The highest BCUT2D eigenvalue weighted by Crippen LogP contribution is 2.56. The molecule has 1 aliphatic carbocycles. The topological polar surface area (TPSA) is 61.2 Å². The number of rotatable bonds is 4. The van der Waals surface area contributed by atoms with Gasteiger partial charge in [-0.1, -0.05) is 121 Å². The summed E-state index contributed by atoms with van der Waals surface area (Å²) in [5, 5.41) is 9.84. The van der Waals surface area contributed by atoms with Crippen LogP contribution >= 0.6 is 0 Å². The molecule has 1 aliphatic heterocycles. The molecule has 6 rings (SSSR count). The normalized spacial score (nSPS) is 19.2. The Kier molecular flexibility index (Phi) is 5.59. The van der Waals surface area contributed by atoms with Crippen LogP contribution in [-0.4, -0.2) is 16.7 Å². The molecule has 2 unspecified atom stereocenters. The number of allylic oxidation sites excluding steroid dienone is 2. The molecule has 37 heavy (non-hydrogen) atoms. The quantitative estimate of drug-likeness (QED) is 0.255. The van der Waals surface area contributed by atoms with Crippen LogP contribution in [0.4, 0.5) is 0 Å². The molecular weight excluding hydrogens is 456 g/mol. The molecule has 0 bridgehead atoms. The molecule has 0 saturated carbocycles. The van der Waals surface area contributed by atoms with Crippen molar-refractivity contribution in [3.8, 4) is 6.19 Å². The molecule has 1 saturated heterocycles.